The van der Waals surface area contributed by atoms with E-state index in [4.69, 9.17) is 5.11 Å². The van der Waals surface area contributed by atoms with Crippen molar-refractivity contribution in [1.29, 1.82) is 0 Å². The summed E-state index contributed by atoms with van der Waals surface area (Å²) in [6.07, 6.45) is 4.55. The highest BCUT2D eigenvalue weighted by Gasteiger charge is 1.86. The Hall–Kier alpha value is -1.05. The molecule has 0 heterocycles. The zero-order chi connectivity index (χ0) is 8.41. The molecule has 0 aliphatic heterocycles. The van der Waals surface area contributed by atoms with Crippen molar-refractivity contribution in [2.75, 3.05) is 0 Å². The van der Waals surface area contributed by atoms with Gasteiger partial charge in [-0.15, -0.1) is 13.2 Å². The molecule has 2 nitrogen and oxygen atoms in total. The Morgan fingerprint density at radius 1 is 1.50 bits per heavy atom. The zero-order valence-corrected chi connectivity index (χ0v) is 6.34. The van der Waals surface area contributed by atoms with Crippen LogP contribution in [0.2, 0.25) is 0 Å². The van der Waals surface area contributed by atoms with Gasteiger partial charge in [-0.25, -0.2) is 0 Å². The molecule has 0 unspecified atom stereocenters. The predicted octanol–water partition coefficient (Wildman–Crippen LogP) is 2.23. The van der Waals surface area contributed by atoms with Crippen LogP contribution in [-0.2, 0) is 4.79 Å². The highest BCUT2D eigenvalue weighted by atomic mass is 16.4. The summed E-state index contributed by atoms with van der Waals surface area (Å²) in [5, 5.41) is 8.09. The van der Waals surface area contributed by atoms with Crippen LogP contribution in [0.25, 0.3) is 0 Å². The molecule has 58 valence electrons. The number of carboxylic acid groups (broad SMARTS) is 1. The van der Waals surface area contributed by atoms with Crippen LogP contribution in [0, 0.1) is 0 Å². The van der Waals surface area contributed by atoms with Gasteiger partial charge in [-0.1, -0.05) is 19.1 Å². The molecule has 0 atom stereocenters. The molecule has 0 spiro atoms. The van der Waals surface area contributed by atoms with Crippen LogP contribution in [0.3, 0.4) is 0 Å². The summed E-state index contributed by atoms with van der Waals surface area (Å²) in [6, 6.07) is 0. The highest BCUT2D eigenvalue weighted by molar-refractivity contribution is 5.68. The molecule has 0 saturated heterocycles. The van der Waals surface area contributed by atoms with Crippen molar-refractivity contribution < 1.29 is 9.90 Å². The van der Waals surface area contributed by atoms with Crippen LogP contribution < -0.4 is 0 Å². The Kier molecular flexibility index (Phi) is 12.7. The minimum atomic E-state index is -0.769. The van der Waals surface area contributed by atoms with Crippen molar-refractivity contribution in [1.82, 2.24) is 0 Å². The fraction of sp³-hybridized carbons (Fsp3) is 0.375. The molecule has 10 heavy (non-hydrogen) atoms. The molecular weight excluding hydrogens is 128 g/mol. The molecule has 0 aromatic rings. The lowest BCUT2D eigenvalue weighted by Crippen LogP contribution is -1.89. The van der Waals surface area contributed by atoms with E-state index in [1.807, 2.05) is 13.0 Å². The third kappa shape index (κ3) is 15.8. The van der Waals surface area contributed by atoms with E-state index in [0.717, 1.165) is 6.42 Å². The topological polar surface area (TPSA) is 37.3 Å². The Morgan fingerprint density at radius 2 is 2.00 bits per heavy atom. The second-order valence-corrected chi connectivity index (χ2v) is 1.48. The van der Waals surface area contributed by atoms with Gasteiger partial charge in [0.25, 0.3) is 0 Å². The zero-order valence-electron chi connectivity index (χ0n) is 6.34. The first kappa shape index (κ1) is 11.7. The van der Waals surface area contributed by atoms with Crippen molar-refractivity contribution in [3.8, 4) is 0 Å². The van der Waals surface area contributed by atoms with Crippen molar-refractivity contribution in [3.63, 3.8) is 0 Å². The normalized spacial score (nSPS) is 8.50. The summed E-state index contributed by atoms with van der Waals surface area (Å²) in [5.74, 6) is -0.769. The monoisotopic (exact) mass is 142 g/mol. The summed E-state index contributed by atoms with van der Waals surface area (Å²) in [7, 11) is 0. The largest absolute Gasteiger partial charge is 0.481 e. The third-order valence-corrected chi connectivity index (χ3v) is 0.695. The lowest BCUT2D eigenvalue weighted by molar-refractivity contribution is -0.136. The highest BCUT2D eigenvalue weighted by Crippen LogP contribution is 1.84. The van der Waals surface area contributed by atoms with Crippen LogP contribution in [-0.4, -0.2) is 11.1 Å². The van der Waals surface area contributed by atoms with Crippen molar-refractivity contribution in [3.05, 3.63) is 25.3 Å². The van der Waals surface area contributed by atoms with Crippen LogP contribution in [0.5, 0.6) is 0 Å². The summed E-state index contributed by atoms with van der Waals surface area (Å²) < 4.78 is 0. The van der Waals surface area contributed by atoms with E-state index in [1.54, 1.807) is 6.08 Å². The molecule has 0 radical (unpaired) electrons. The molecule has 0 aromatic heterocycles. The van der Waals surface area contributed by atoms with Gasteiger partial charge in [0.2, 0.25) is 0 Å². The molecule has 0 aromatic carbocycles. The maximum atomic E-state index is 9.82. The minimum Gasteiger partial charge on any atom is -0.481 e. The molecule has 0 saturated carbocycles. The van der Waals surface area contributed by atoms with E-state index in [1.165, 1.54) is 0 Å². The lowest BCUT2D eigenvalue weighted by Gasteiger charge is -1.80. The molecule has 0 bridgehead atoms. The first-order valence-corrected chi connectivity index (χ1v) is 3.14. The van der Waals surface area contributed by atoms with Gasteiger partial charge in [-0.2, -0.15) is 0 Å². The van der Waals surface area contributed by atoms with Gasteiger partial charge in [0.15, 0.2) is 0 Å². The van der Waals surface area contributed by atoms with E-state index in [-0.39, 0.29) is 6.42 Å². The van der Waals surface area contributed by atoms with Crippen molar-refractivity contribution in [2.45, 2.75) is 19.8 Å². The average molecular weight is 142 g/mol. The molecule has 0 rings (SSSR count). The third-order valence-electron chi connectivity index (χ3n) is 0.695. The first-order chi connectivity index (χ1) is 4.77. The van der Waals surface area contributed by atoms with Crippen LogP contribution in [0.15, 0.2) is 25.3 Å². The second-order valence-electron chi connectivity index (χ2n) is 1.48. The van der Waals surface area contributed by atoms with Gasteiger partial charge in [0.05, 0.1) is 6.42 Å². The molecule has 0 aliphatic rings. The van der Waals surface area contributed by atoms with E-state index in [0.29, 0.717) is 0 Å². The summed E-state index contributed by atoms with van der Waals surface area (Å²) in [5.41, 5.74) is 0. The van der Waals surface area contributed by atoms with E-state index >= 15 is 0 Å². The fourth-order valence-electron chi connectivity index (χ4n) is 0.351. The van der Waals surface area contributed by atoms with Gasteiger partial charge < -0.3 is 5.11 Å². The molecule has 1 N–H and O–H groups in total. The number of rotatable bonds is 3. The van der Waals surface area contributed by atoms with Crippen LogP contribution in [0.1, 0.15) is 19.8 Å². The first-order valence-electron chi connectivity index (χ1n) is 3.14. The average Bonchev–Trinajstić information content (AvgIpc) is 1.92. The molecule has 0 fully saturated rings. The summed E-state index contributed by atoms with van der Waals surface area (Å²) in [6.45, 7) is 7.97. The van der Waals surface area contributed by atoms with Gasteiger partial charge in [0.1, 0.15) is 0 Å². The van der Waals surface area contributed by atoms with Gasteiger partial charge in [0, 0.05) is 0 Å². The minimum absolute atomic E-state index is 0.147. The maximum Gasteiger partial charge on any atom is 0.307 e. The maximum absolute atomic E-state index is 9.82. The second kappa shape index (κ2) is 10.8. The Morgan fingerprint density at radius 3 is 2.30 bits per heavy atom. The summed E-state index contributed by atoms with van der Waals surface area (Å²) in [4.78, 5) is 9.82. The molecule has 2 heteroatoms. The van der Waals surface area contributed by atoms with E-state index in [9.17, 15) is 4.79 Å². The van der Waals surface area contributed by atoms with Gasteiger partial charge in [-0.05, 0) is 6.42 Å². The Labute approximate surface area is 61.9 Å². The standard InChI is InChI=1S/C6H10O2.C2H4/c1-2-3-4-5-6(7)8;1-2/h3-4H,2,5H2,1H3,(H,7,8);1-2H2/b4-3-;. The number of hydrogen-bond donors (Lipinski definition) is 1. The predicted molar refractivity (Wildman–Crippen MR) is 42.9 cm³/mol. The number of carbonyl (C=O) groups is 1. The van der Waals surface area contributed by atoms with Crippen LogP contribution in [0.4, 0.5) is 0 Å². The SMILES string of the molecule is C=C.CC/C=C\CC(=O)O. The Bertz CT molecular complexity index is 106. The number of allylic oxidation sites excluding steroid dienone is 1. The fourth-order valence-corrected chi connectivity index (χ4v) is 0.351. The lowest BCUT2D eigenvalue weighted by atomic mass is 10.3. The summed E-state index contributed by atoms with van der Waals surface area (Å²) >= 11 is 0. The van der Waals surface area contributed by atoms with Crippen molar-refractivity contribution in [2.24, 2.45) is 0 Å². The smallest absolute Gasteiger partial charge is 0.307 e. The van der Waals surface area contributed by atoms with E-state index in [2.05, 4.69) is 13.2 Å². The van der Waals surface area contributed by atoms with Crippen molar-refractivity contribution >= 4 is 5.97 Å². The van der Waals surface area contributed by atoms with E-state index < -0.39 is 5.97 Å². The number of hydrogen-bond acceptors (Lipinski definition) is 1. The number of aliphatic carboxylic acids is 1. The van der Waals surface area contributed by atoms with Gasteiger partial charge >= 0.3 is 5.97 Å². The molecular formula is C8H14O2. The number of carboxylic acids is 1. The molecule has 0 amide bonds. The van der Waals surface area contributed by atoms with Crippen LogP contribution >= 0.6 is 0 Å². The van der Waals surface area contributed by atoms with Gasteiger partial charge in [-0.3, -0.25) is 4.79 Å². The Balaban J connectivity index is 0. The molecule has 0 aliphatic carbocycles. The quantitative estimate of drug-likeness (QED) is 0.613.